The minimum atomic E-state index is -0.397. The number of carbonyl (C=O) groups excluding carboxylic acids is 1. The van der Waals surface area contributed by atoms with Crippen LogP contribution in [0.1, 0.15) is 29.2 Å². The van der Waals surface area contributed by atoms with E-state index in [1.807, 2.05) is 50.2 Å². The van der Waals surface area contributed by atoms with E-state index in [1.54, 1.807) is 26.2 Å². The molecule has 0 fully saturated rings. The Morgan fingerprint density at radius 3 is 2.59 bits per heavy atom. The van der Waals surface area contributed by atoms with Gasteiger partial charge in [-0.25, -0.2) is 14.8 Å². The highest BCUT2D eigenvalue weighted by molar-refractivity contribution is 7.17. The number of rotatable bonds is 5. The summed E-state index contributed by atoms with van der Waals surface area (Å²) in [6, 6.07) is 14.8. The molecule has 0 atom stereocenters. The Balaban J connectivity index is 1.86. The first-order valence-electron chi connectivity index (χ1n) is 9.95. The van der Waals surface area contributed by atoms with Crippen LogP contribution in [0.25, 0.3) is 22.3 Å². The van der Waals surface area contributed by atoms with Crippen LogP contribution in [0.15, 0.2) is 57.9 Å². The fourth-order valence-electron chi connectivity index (χ4n) is 3.12. The third kappa shape index (κ3) is 4.69. The normalized spacial score (nSPS) is 11.9. The summed E-state index contributed by atoms with van der Waals surface area (Å²) in [5.74, 6) is 0.991. The maximum atomic E-state index is 12.4. The average molecular weight is 469 g/mol. The second kappa shape index (κ2) is 9.14. The van der Waals surface area contributed by atoms with Crippen molar-refractivity contribution < 1.29 is 18.7 Å². The van der Waals surface area contributed by atoms with Gasteiger partial charge in [0.1, 0.15) is 22.0 Å². The van der Waals surface area contributed by atoms with Crippen molar-refractivity contribution >= 4 is 45.0 Å². The van der Waals surface area contributed by atoms with E-state index in [0.717, 1.165) is 16.7 Å². The van der Waals surface area contributed by atoms with E-state index in [-0.39, 0.29) is 6.10 Å². The lowest BCUT2D eigenvalue weighted by Crippen LogP contribution is -2.11. The van der Waals surface area contributed by atoms with E-state index < -0.39 is 5.97 Å². The molecule has 4 rings (SSSR count). The van der Waals surface area contributed by atoms with Gasteiger partial charge in [-0.15, -0.1) is 0 Å². The number of aryl methyl sites for hydroxylation is 1. The van der Waals surface area contributed by atoms with Crippen LogP contribution in [-0.4, -0.2) is 24.2 Å². The molecule has 2 heterocycles. The number of nitrogens with zero attached hydrogens (tertiary/aromatic N) is 2. The first kappa shape index (κ1) is 22.0. The summed E-state index contributed by atoms with van der Waals surface area (Å²) in [6.07, 6.45) is -0.210. The number of hydrogen-bond acceptors (Lipinski definition) is 7. The van der Waals surface area contributed by atoms with Crippen LogP contribution < -0.4 is 10.1 Å². The molecule has 0 radical (unpaired) electrons. The molecule has 2 aromatic heterocycles. The Morgan fingerprint density at radius 2 is 1.91 bits per heavy atom. The van der Waals surface area contributed by atoms with Crippen molar-refractivity contribution in [2.24, 2.45) is 4.99 Å². The molecule has 6 nitrogen and oxygen atoms in total. The van der Waals surface area contributed by atoms with Crippen molar-refractivity contribution in [1.29, 1.82) is 0 Å². The van der Waals surface area contributed by atoms with Crippen LogP contribution in [0.5, 0.6) is 5.75 Å². The molecule has 8 heteroatoms. The molecular formula is C24H21ClN2O4S. The summed E-state index contributed by atoms with van der Waals surface area (Å²) in [5, 5.41) is 2.40. The number of fused-ring (bicyclic) bond motifs is 1. The van der Waals surface area contributed by atoms with E-state index in [2.05, 4.69) is 4.98 Å². The van der Waals surface area contributed by atoms with Gasteiger partial charge in [0, 0.05) is 22.0 Å². The molecule has 0 aliphatic carbocycles. The van der Waals surface area contributed by atoms with Crippen molar-refractivity contribution in [3.63, 3.8) is 0 Å². The van der Waals surface area contributed by atoms with Gasteiger partial charge in [0.15, 0.2) is 0 Å². The van der Waals surface area contributed by atoms with Crippen LogP contribution in [0, 0.1) is 6.92 Å². The fraction of sp³-hybridized carbons (Fsp3) is 0.208. The SMILES string of the molecule is COc1ccc(-c2cc(=Nc3nc(C)c(C(=O)OC(C)C)s3)c3cc(Cl)ccc3o2)cc1. The lowest BCUT2D eigenvalue weighted by Gasteiger charge is -2.06. The lowest BCUT2D eigenvalue weighted by atomic mass is 10.1. The zero-order valence-corrected chi connectivity index (χ0v) is 19.6. The highest BCUT2D eigenvalue weighted by atomic mass is 35.5. The van der Waals surface area contributed by atoms with Gasteiger partial charge in [0.05, 0.1) is 24.3 Å². The van der Waals surface area contributed by atoms with Gasteiger partial charge >= 0.3 is 5.97 Å². The molecule has 0 aliphatic rings. The number of hydrogen-bond donors (Lipinski definition) is 0. The van der Waals surface area contributed by atoms with E-state index in [4.69, 9.17) is 30.5 Å². The maximum Gasteiger partial charge on any atom is 0.350 e. The van der Waals surface area contributed by atoms with Crippen LogP contribution in [0.4, 0.5) is 5.13 Å². The number of halogens is 1. The summed E-state index contributed by atoms with van der Waals surface area (Å²) in [6.45, 7) is 5.39. The standard InChI is InChI=1S/C24H21ClN2O4S/c1-13(2)30-23(28)22-14(3)26-24(32-22)27-19-12-21(15-5-8-17(29-4)9-6-15)31-20-10-7-16(25)11-18(19)20/h5-13H,1-4H3. The highest BCUT2D eigenvalue weighted by Gasteiger charge is 2.18. The molecule has 0 saturated carbocycles. The van der Waals surface area contributed by atoms with Crippen LogP contribution >= 0.6 is 22.9 Å². The van der Waals surface area contributed by atoms with Crippen molar-refractivity contribution in [3.05, 3.63) is 69.5 Å². The van der Waals surface area contributed by atoms with Crippen LogP contribution in [0.3, 0.4) is 0 Å². The van der Waals surface area contributed by atoms with Gasteiger partial charge in [-0.2, -0.15) is 0 Å². The third-order valence-corrected chi connectivity index (χ3v) is 5.88. The molecule has 0 bridgehead atoms. The topological polar surface area (TPSA) is 73.9 Å². The zero-order valence-electron chi connectivity index (χ0n) is 18.0. The third-order valence-electron chi connectivity index (χ3n) is 4.61. The van der Waals surface area contributed by atoms with Gasteiger partial charge < -0.3 is 13.9 Å². The molecule has 32 heavy (non-hydrogen) atoms. The quantitative estimate of drug-likeness (QED) is 0.320. The largest absolute Gasteiger partial charge is 0.497 e. The summed E-state index contributed by atoms with van der Waals surface area (Å²) >= 11 is 7.42. The first-order chi connectivity index (χ1) is 15.3. The number of ether oxygens (including phenoxy) is 2. The molecule has 0 amide bonds. The Morgan fingerprint density at radius 1 is 1.16 bits per heavy atom. The smallest absolute Gasteiger partial charge is 0.350 e. The predicted molar refractivity (Wildman–Crippen MR) is 126 cm³/mol. The number of aromatic nitrogens is 1. The van der Waals surface area contributed by atoms with Gasteiger partial charge in [0.2, 0.25) is 5.13 Å². The predicted octanol–water partition coefficient (Wildman–Crippen LogP) is 6.32. The van der Waals surface area contributed by atoms with E-state index in [9.17, 15) is 4.79 Å². The Bertz CT molecular complexity index is 1360. The fourth-order valence-corrected chi connectivity index (χ4v) is 4.13. The lowest BCUT2D eigenvalue weighted by molar-refractivity contribution is 0.0382. The zero-order chi connectivity index (χ0) is 22.8. The molecule has 0 spiro atoms. The van der Waals surface area contributed by atoms with Crippen LogP contribution in [0.2, 0.25) is 5.02 Å². The number of thiazole rings is 1. The molecule has 2 aromatic carbocycles. The first-order valence-corrected chi connectivity index (χ1v) is 11.1. The van der Waals surface area contributed by atoms with Crippen molar-refractivity contribution in [2.75, 3.05) is 7.11 Å². The van der Waals surface area contributed by atoms with Crippen molar-refractivity contribution in [2.45, 2.75) is 26.9 Å². The second-order valence-corrected chi connectivity index (χ2v) is 8.76. The summed E-state index contributed by atoms with van der Waals surface area (Å²) in [4.78, 5) is 22.0. The summed E-state index contributed by atoms with van der Waals surface area (Å²) in [7, 11) is 1.62. The molecular weight excluding hydrogens is 448 g/mol. The van der Waals surface area contributed by atoms with Gasteiger partial charge in [-0.3, -0.25) is 0 Å². The molecule has 0 saturated heterocycles. The van der Waals surface area contributed by atoms with E-state index >= 15 is 0 Å². The average Bonchev–Trinajstić information content (AvgIpc) is 3.13. The van der Waals surface area contributed by atoms with E-state index in [1.165, 1.54) is 11.3 Å². The number of esters is 1. The molecule has 0 aliphatic heterocycles. The van der Waals surface area contributed by atoms with E-state index in [0.29, 0.717) is 37.4 Å². The molecule has 0 unspecified atom stereocenters. The van der Waals surface area contributed by atoms with Gasteiger partial charge in [-0.1, -0.05) is 22.9 Å². The Hall–Kier alpha value is -3.16. The van der Waals surface area contributed by atoms with Gasteiger partial charge in [0.25, 0.3) is 0 Å². The maximum absolute atomic E-state index is 12.4. The Kier molecular flexibility index (Phi) is 6.30. The molecule has 164 valence electrons. The van der Waals surface area contributed by atoms with Gasteiger partial charge in [-0.05, 0) is 63.2 Å². The number of benzene rings is 2. The monoisotopic (exact) mass is 468 g/mol. The highest BCUT2D eigenvalue weighted by Crippen LogP contribution is 2.28. The number of methoxy groups -OCH3 is 1. The minimum Gasteiger partial charge on any atom is -0.497 e. The number of carbonyl (C=O) groups is 1. The van der Waals surface area contributed by atoms with Crippen LogP contribution in [-0.2, 0) is 4.74 Å². The molecule has 4 aromatic rings. The summed E-state index contributed by atoms with van der Waals surface area (Å²) in [5.41, 5.74) is 2.09. The molecule has 0 N–H and O–H groups in total. The minimum absolute atomic E-state index is 0.210. The van der Waals surface area contributed by atoms with Crippen molar-refractivity contribution in [3.8, 4) is 17.1 Å². The summed E-state index contributed by atoms with van der Waals surface area (Å²) < 4.78 is 16.7. The second-order valence-electron chi connectivity index (χ2n) is 7.34. The Labute approximate surface area is 194 Å². The van der Waals surface area contributed by atoms with Crippen molar-refractivity contribution in [1.82, 2.24) is 4.98 Å².